The Balaban J connectivity index is 2.92. The quantitative estimate of drug-likeness (QED) is 0.717. The molecule has 1 atom stereocenters. The summed E-state index contributed by atoms with van der Waals surface area (Å²) < 4.78 is 6.91. The third kappa shape index (κ3) is 4.22. The van der Waals surface area contributed by atoms with Gasteiger partial charge in [0.15, 0.2) is 0 Å². The van der Waals surface area contributed by atoms with Gasteiger partial charge in [0, 0.05) is 12.6 Å². The number of ether oxygens (including phenoxy) is 1. The van der Waals surface area contributed by atoms with Crippen LogP contribution in [0, 0.1) is 0 Å². The smallest absolute Gasteiger partial charge is 0.147 e. The molecule has 17 heavy (non-hydrogen) atoms. The molecule has 6 heteroatoms. The van der Waals surface area contributed by atoms with E-state index in [1.165, 1.54) is 0 Å². The number of rotatable bonds is 6. The first kappa shape index (κ1) is 14.9. The van der Waals surface area contributed by atoms with E-state index >= 15 is 0 Å². The van der Waals surface area contributed by atoms with E-state index in [9.17, 15) is 0 Å². The molecule has 1 aromatic carbocycles. The molecule has 0 fully saturated rings. The molecule has 0 spiro atoms. The van der Waals surface area contributed by atoms with Crippen LogP contribution in [-0.2, 0) is 0 Å². The maximum atomic E-state index is 8.85. The van der Waals surface area contributed by atoms with E-state index in [2.05, 4.69) is 31.9 Å². The molecule has 0 saturated heterocycles. The molecule has 0 aliphatic carbocycles. The lowest BCUT2D eigenvalue weighted by Gasteiger charge is -2.15. The van der Waals surface area contributed by atoms with Crippen molar-refractivity contribution in [2.45, 2.75) is 12.5 Å². The lowest BCUT2D eigenvalue weighted by atomic mass is 10.1. The van der Waals surface area contributed by atoms with Gasteiger partial charge in [-0.15, -0.1) is 0 Å². The van der Waals surface area contributed by atoms with Crippen molar-refractivity contribution < 1.29 is 14.9 Å². The summed E-state index contributed by atoms with van der Waals surface area (Å²) in [6.45, 7) is 0.253. The van der Waals surface area contributed by atoms with Crippen LogP contribution < -0.4 is 10.5 Å². The minimum absolute atomic E-state index is 0.0370. The largest absolute Gasteiger partial charge is 0.489 e. The first-order valence-corrected chi connectivity index (χ1v) is 6.77. The van der Waals surface area contributed by atoms with Crippen LogP contribution in [0.5, 0.6) is 5.75 Å². The lowest BCUT2D eigenvalue weighted by molar-refractivity contribution is 0.200. The third-order valence-corrected chi connectivity index (χ3v) is 3.40. The fraction of sp³-hybridized carbons (Fsp3) is 0.455. The molecule has 0 amide bonds. The van der Waals surface area contributed by atoms with Crippen molar-refractivity contribution >= 4 is 31.9 Å². The maximum absolute atomic E-state index is 8.85. The summed E-state index contributed by atoms with van der Waals surface area (Å²) in [6.07, 6.45) is 0.510. The number of nitrogens with two attached hydrogens (primary N) is 1. The topological polar surface area (TPSA) is 75.7 Å². The van der Waals surface area contributed by atoms with Crippen molar-refractivity contribution in [2.75, 3.05) is 19.8 Å². The molecule has 0 bridgehead atoms. The van der Waals surface area contributed by atoms with Crippen LogP contribution in [0.2, 0.25) is 0 Å². The van der Waals surface area contributed by atoms with Gasteiger partial charge >= 0.3 is 0 Å². The van der Waals surface area contributed by atoms with E-state index in [0.717, 1.165) is 14.5 Å². The first-order chi connectivity index (χ1) is 8.10. The van der Waals surface area contributed by atoms with E-state index < -0.39 is 0 Å². The van der Waals surface area contributed by atoms with Gasteiger partial charge < -0.3 is 20.7 Å². The van der Waals surface area contributed by atoms with Crippen molar-refractivity contribution in [3.63, 3.8) is 0 Å². The zero-order valence-electron chi connectivity index (χ0n) is 9.20. The molecule has 0 aliphatic rings. The van der Waals surface area contributed by atoms with Crippen molar-refractivity contribution in [3.8, 4) is 5.75 Å². The summed E-state index contributed by atoms with van der Waals surface area (Å²) in [7, 11) is 0. The maximum Gasteiger partial charge on any atom is 0.147 e. The van der Waals surface area contributed by atoms with E-state index in [1.54, 1.807) is 0 Å². The van der Waals surface area contributed by atoms with E-state index in [4.69, 9.17) is 20.7 Å². The number of benzene rings is 1. The lowest BCUT2D eigenvalue weighted by Crippen LogP contribution is -2.12. The van der Waals surface area contributed by atoms with Gasteiger partial charge in [-0.25, -0.2) is 0 Å². The van der Waals surface area contributed by atoms with Crippen LogP contribution in [0.1, 0.15) is 18.0 Å². The Morgan fingerprint density at radius 2 is 1.76 bits per heavy atom. The molecule has 1 aromatic rings. The molecule has 0 heterocycles. The molecule has 0 aliphatic heterocycles. The highest BCUT2D eigenvalue weighted by Crippen LogP contribution is 2.36. The van der Waals surface area contributed by atoms with E-state index in [1.807, 2.05) is 12.1 Å². The first-order valence-electron chi connectivity index (χ1n) is 5.19. The molecule has 4 nitrogen and oxygen atoms in total. The second kappa shape index (κ2) is 7.33. The Kier molecular flexibility index (Phi) is 6.43. The Labute approximate surface area is 117 Å². The van der Waals surface area contributed by atoms with Gasteiger partial charge in [0.25, 0.3) is 0 Å². The molecular formula is C11H15Br2NO3. The summed E-state index contributed by atoms with van der Waals surface area (Å²) >= 11 is 6.79. The van der Waals surface area contributed by atoms with E-state index in [-0.39, 0.29) is 25.9 Å². The monoisotopic (exact) mass is 367 g/mol. The number of aliphatic hydroxyl groups is 2. The van der Waals surface area contributed by atoms with Crippen LogP contribution in [0.25, 0.3) is 0 Å². The molecule has 0 radical (unpaired) electrons. The second-order valence-electron chi connectivity index (χ2n) is 3.50. The molecule has 1 unspecified atom stereocenters. The van der Waals surface area contributed by atoms with E-state index in [0.29, 0.717) is 12.2 Å². The van der Waals surface area contributed by atoms with Gasteiger partial charge in [-0.3, -0.25) is 0 Å². The molecular weight excluding hydrogens is 354 g/mol. The minimum atomic E-state index is -0.209. The number of aliphatic hydroxyl groups excluding tert-OH is 2. The van der Waals surface area contributed by atoms with Crippen LogP contribution >= 0.6 is 31.9 Å². The Morgan fingerprint density at radius 1 is 1.18 bits per heavy atom. The van der Waals surface area contributed by atoms with Gasteiger partial charge in [-0.05, 0) is 56.0 Å². The molecule has 4 N–H and O–H groups in total. The number of hydrogen-bond acceptors (Lipinski definition) is 4. The fourth-order valence-electron chi connectivity index (χ4n) is 1.38. The fourth-order valence-corrected chi connectivity index (χ4v) is 2.84. The molecule has 1 rings (SSSR count). The Morgan fingerprint density at radius 3 is 2.24 bits per heavy atom. The van der Waals surface area contributed by atoms with Crippen molar-refractivity contribution in [3.05, 3.63) is 26.6 Å². The molecule has 0 aromatic heterocycles. The summed E-state index contributed by atoms with van der Waals surface area (Å²) in [5, 5.41) is 17.6. The summed E-state index contributed by atoms with van der Waals surface area (Å²) in [5.41, 5.74) is 6.82. The predicted octanol–water partition coefficient (Wildman–Crippen LogP) is 1.96. The summed E-state index contributed by atoms with van der Waals surface area (Å²) in [4.78, 5) is 0. The Hall–Kier alpha value is -0.140. The van der Waals surface area contributed by atoms with Crippen molar-refractivity contribution in [1.82, 2.24) is 0 Å². The molecule has 0 saturated carbocycles. The van der Waals surface area contributed by atoms with Gasteiger partial charge in [0.05, 0.1) is 15.6 Å². The SMILES string of the molecule is NC(CCO)c1cc(Br)c(OCCO)c(Br)c1. The third-order valence-electron chi connectivity index (χ3n) is 2.23. The summed E-state index contributed by atoms with van der Waals surface area (Å²) in [5.74, 6) is 0.638. The zero-order chi connectivity index (χ0) is 12.8. The van der Waals surface area contributed by atoms with Gasteiger partial charge in [0.2, 0.25) is 0 Å². The average molecular weight is 369 g/mol. The van der Waals surface area contributed by atoms with Crippen molar-refractivity contribution in [2.24, 2.45) is 5.73 Å². The van der Waals surface area contributed by atoms with Crippen LogP contribution in [0.3, 0.4) is 0 Å². The predicted molar refractivity (Wildman–Crippen MR) is 73.1 cm³/mol. The minimum Gasteiger partial charge on any atom is -0.489 e. The second-order valence-corrected chi connectivity index (χ2v) is 5.21. The van der Waals surface area contributed by atoms with Crippen molar-refractivity contribution in [1.29, 1.82) is 0 Å². The average Bonchev–Trinajstić information content (AvgIpc) is 2.28. The zero-order valence-corrected chi connectivity index (χ0v) is 12.4. The number of hydrogen-bond donors (Lipinski definition) is 3. The Bertz CT molecular complexity index is 351. The highest BCUT2D eigenvalue weighted by atomic mass is 79.9. The van der Waals surface area contributed by atoms with Gasteiger partial charge in [0.1, 0.15) is 12.4 Å². The highest BCUT2D eigenvalue weighted by molar-refractivity contribution is 9.11. The number of halogens is 2. The van der Waals surface area contributed by atoms with Crippen LogP contribution in [0.15, 0.2) is 21.1 Å². The van der Waals surface area contributed by atoms with Gasteiger partial charge in [-0.1, -0.05) is 0 Å². The van der Waals surface area contributed by atoms with Crippen LogP contribution in [-0.4, -0.2) is 30.0 Å². The van der Waals surface area contributed by atoms with Crippen LogP contribution in [0.4, 0.5) is 0 Å². The molecule has 96 valence electrons. The normalized spacial score (nSPS) is 12.5. The summed E-state index contributed by atoms with van der Waals surface area (Å²) in [6, 6.07) is 3.51. The highest BCUT2D eigenvalue weighted by Gasteiger charge is 2.12. The standard InChI is InChI=1S/C11H15Br2NO3/c12-8-5-7(10(14)1-2-15)6-9(13)11(8)17-4-3-16/h5-6,10,15-16H,1-4,14H2. The van der Waals surface area contributed by atoms with Gasteiger partial charge in [-0.2, -0.15) is 0 Å².